The van der Waals surface area contributed by atoms with E-state index in [0.29, 0.717) is 10.8 Å². The predicted molar refractivity (Wildman–Crippen MR) is 64.0 cm³/mol. The van der Waals surface area contributed by atoms with Crippen molar-refractivity contribution < 1.29 is 0 Å². The number of hydrogen-bond acceptors (Lipinski definition) is 1. The van der Waals surface area contributed by atoms with Gasteiger partial charge >= 0.3 is 0 Å². The molecule has 1 fully saturated rings. The fraction of sp³-hybridized carbons (Fsp3) is 1.00. The predicted octanol–water partition coefficient (Wildman–Crippen LogP) is 3.52. The normalized spacial score (nSPS) is 28.7. The summed E-state index contributed by atoms with van der Waals surface area (Å²) in [6.45, 7) is 10.6. The Hall–Kier alpha value is 0.250. The molecule has 0 aromatic rings. The number of hydrogen-bond donors (Lipinski definition) is 0. The molecule has 0 saturated carbocycles. The van der Waals surface area contributed by atoms with Crippen LogP contribution in [0.1, 0.15) is 46.5 Å². The molecular formula is C12H24ClN. The van der Waals surface area contributed by atoms with Crippen LogP contribution in [0.2, 0.25) is 0 Å². The largest absolute Gasteiger partial charge is 0.303 e. The van der Waals surface area contributed by atoms with Gasteiger partial charge in [-0.25, -0.2) is 0 Å². The van der Waals surface area contributed by atoms with E-state index < -0.39 is 0 Å². The minimum atomic E-state index is 0.386. The van der Waals surface area contributed by atoms with Crippen LogP contribution < -0.4 is 0 Å². The molecule has 0 amide bonds. The quantitative estimate of drug-likeness (QED) is 0.654. The Morgan fingerprint density at radius 3 is 2.79 bits per heavy atom. The van der Waals surface area contributed by atoms with E-state index in [4.69, 9.17) is 11.6 Å². The van der Waals surface area contributed by atoms with Crippen LogP contribution in [0.15, 0.2) is 0 Å². The fourth-order valence-corrected chi connectivity index (χ4v) is 2.86. The van der Waals surface area contributed by atoms with Crippen molar-refractivity contribution in [3.63, 3.8) is 0 Å². The monoisotopic (exact) mass is 217 g/mol. The van der Waals surface area contributed by atoms with Crippen LogP contribution in [0.3, 0.4) is 0 Å². The zero-order valence-corrected chi connectivity index (χ0v) is 10.6. The average Bonchev–Trinajstić information content (AvgIpc) is 2.20. The topological polar surface area (TPSA) is 3.24 Å². The molecule has 14 heavy (non-hydrogen) atoms. The van der Waals surface area contributed by atoms with Crippen molar-refractivity contribution in [3.8, 4) is 0 Å². The molecular weight excluding hydrogens is 194 g/mol. The van der Waals surface area contributed by atoms with Crippen LogP contribution in [0.25, 0.3) is 0 Å². The lowest BCUT2D eigenvalue weighted by Crippen LogP contribution is -2.33. The molecule has 1 heterocycles. The SMILES string of the molecule is CCCCN1CCC(Cl)CC(C)(C)C1. The lowest BCUT2D eigenvalue weighted by atomic mass is 9.88. The van der Waals surface area contributed by atoms with Gasteiger partial charge in [0.2, 0.25) is 0 Å². The number of rotatable bonds is 3. The van der Waals surface area contributed by atoms with Gasteiger partial charge < -0.3 is 4.90 Å². The summed E-state index contributed by atoms with van der Waals surface area (Å²) >= 11 is 6.28. The van der Waals surface area contributed by atoms with Crippen molar-refractivity contribution in [2.45, 2.75) is 51.8 Å². The molecule has 1 atom stereocenters. The third-order valence-electron chi connectivity index (χ3n) is 3.01. The van der Waals surface area contributed by atoms with Crippen molar-refractivity contribution in [2.24, 2.45) is 5.41 Å². The molecule has 1 nitrogen and oxygen atoms in total. The summed E-state index contributed by atoms with van der Waals surface area (Å²) in [5, 5.41) is 0.386. The zero-order chi connectivity index (χ0) is 10.6. The van der Waals surface area contributed by atoms with Crippen LogP contribution in [-0.2, 0) is 0 Å². The summed E-state index contributed by atoms with van der Waals surface area (Å²) in [6, 6.07) is 0. The van der Waals surface area contributed by atoms with Crippen LogP contribution in [0, 0.1) is 5.41 Å². The summed E-state index contributed by atoms with van der Waals surface area (Å²) in [5.74, 6) is 0. The minimum absolute atomic E-state index is 0.386. The van der Waals surface area contributed by atoms with E-state index in [9.17, 15) is 0 Å². The third-order valence-corrected chi connectivity index (χ3v) is 3.38. The van der Waals surface area contributed by atoms with Gasteiger partial charge in [0.25, 0.3) is 0 Å². The second-order valence-corrected chi connectivity index (χ2v) is 6.00. The molecule has 0 radical (unpaired) electrons. The minimum Gasteiger partial charge on any atom is -0.303 e. The van der Waals surface area contributed by atoms with Crippen LogP contribution >= 0.6 is 11.6 Å². The van der Waals surface area contributed by atoms with E-state index in [0.717, 1.165) is 12.8 Å². The van der Waals surface area contributed by atoms with Crippen LogP contribution in [-0.4, -0.2) is 29.9 Å². The Kier molecular flexibility index (Phi) is 4.72. The summed E-state index contributed by atoms with van der Waals surface area (Å²) in [4.78, 5) is 2.59. The number of alkyl halides is 1. The maximum Gasteiger partial charge on any atom is 0.0353 e. The number of nitrogens with zero attached hydrogens (tertiary/aromatic N) is 1. The summed E-state index contributed by atoms with van der Waals surface area (Å²) in [5.41, 5.74) is 0.399. The molecule has 0 aliphatic carbocycles. The number of halogens is 1. The van der Waals surface area contributed by atoms with E-state index in [1.807, 2.05) is 0 Å². The summed E-state index contributed by atoms with van der Waals surface area (Å²) in [6.07, 6.45) is 4.94. The summed E-state index contributed by atoms with van der Waals surface area (Å²) < 4.78 is 0. The van der Waals surface area contributed by atoms with Gasteiger partial charge in [-0.1, -0.05) is 27.2 Å². The first-order valence-corrected chi connectivity index (χ1v) is 6.33. The first-order valence-electron chi connectivity index (χ1n) is 5.90. The molecule has 1 aliphatic rings. The lowest BCUT2D eigenvalue weighted by Gasteiger charge is -2.29. The average molecular weight is 218 g/mol. The molecule has 0 N–H and O–H groups in total. The smallest absolute Gasteiger partial charge is 0.0353 e. The molecule has 2 heteroatoms. The zero-order valence-electron chi connectivity index (χ0n) is 9.85. The van der Waals surface area contributed by atoms with E-state index in [1.165, 1.54) is 32.5 Å². The Morgan fingerprint density at radius 1 is 1.43 bits per heavy atom. The van der Waals surface area contributed by atoms with Gasteiger partial charge in [-0.15, -0.1) is 11.6 Å². The van der Waals surface area contributed by atoms with Gasteiger partial charge in [-0.3, -0.25) is 0 Å². The van der Waals surface area contributed by atoms with Crippen LogP contribution in [0.5, 0.6) is 0 Å². The fourth-order valence-electron chi connectivity index (χ4n) is 2.35. The molecule has 0 aromatic heterocycles. The van der Waals surface area contributed by atoms with Crippen molar-refractivity contribution in [3.05, 3.63) is 0 Å². The highest BCUT2D eigenvalue weighted by molar-refractivity contribution is 6.20. The highest BCUT2D eigenvalue weighted by Crippen LogP contribution is 2.30. The molecule has 1 unspecified atom stereocenters. The first kappa shape index (κ1) is 12.3. The lowest BCUT2D eigenvalue weighted by molar-refractivity contribution is 0.193. The van der Waals surface area contributed by atoms with E-state index in [2.05, 4.69) is 25.7 Å². The number of unbranched alkanes of at least 4 members (excludes halogenated alkanes) is 1. The van der Waals surface area contributed by atoms with E-state index >= 15 is 0 Å². The second-order valence-electron chi connectivity index (χ2n) is 5.38. The standard InChI is InChI=1S/C12H24ClN/c1-4-5-7-14-8-6-11(13)9-12(2,3)10-14/h11H,4-10H2,1-3H3. The maximum absolute atomic E-state index is 6.28. The molecule has 1 rings (SSSR count). The number of likely N-dealkylation sites (tertiary alicyclic amines) is 1. The van der Waals surface area contributed by atoms with E-state index in [-0.39, 0.29) is 0 Å². The second kappa shape index (κ2) is 5.37. The van der Waals surface area contributed by atoms with E-state index in [1.54, 1.807) is 0 Å². The van der Waals surface area contributed by atoms with Crippen molar-refractivity contribution >= 4 is 11.6 Å². The van der Waals surface area contributed by atoms with Crippen molar-refractivity contribution in [1.82, 2.24) is 4.90 Å². The van der Waals surface area contributed by atoms with Gasteiger partial charge in [0, 0.05) is 11.9 Å². The first-order chi connectivity index (χ1) is 6.53. The molecule has 1 saturated heterocycles. The van der Waals surface area contributed by atoms with Crippen LogP contribution in [0.4, 0.5) is 0 Å². The maximum atomic E-state index is 6.28. The Morgan fingerprint density at radius 2 is 2.14 bits per heavy atom. The molecule has 0 spiro atoms. The summed E-state index contributed by atoms with van der Waals surface area (Å²) in [7, 11) is 0. The Bertz CT molecular complexity index is 168. The molecule has 0 bridgehead atoms. The highest BCUT2D eigenvalue weighted by Gasteiger charge is 2.28. The molecule has 84 valence electrons. The van der Waals surface area contributed by atoms with Gasteiger partial charge in [-0.05, 0) is 37.8 Å². The molecule has 0 aromatic carbocycles. The highest BCUT2D eigenvalue weighted by atomic mass is 35.5. The Balaban J connectivity index is 2.45. The third kappa shape index (κ3) is 4.18. The van der Waals surface area contributed by atoms with Gasteiger partial charge in [-0.2, -0.15) is 0 Å². The van der Waals surface area contributed by atoms with Gasteiger partial charge in [0.05, 0.1) is 0 Å². The van der Waals surface area contributed by atoms with Gasteiger partial charge in [0.1, 0.15) is 0 Å². The van der Waals surface area contributed by atoms with Crippen molar-refractivity contribution in [2.75, 3.05) is 19.6 Å². The van der Waals surface area contributed by atoms with Gasteiger partial charge in [0.15, 0.2) is 0 Å². The molecule has 1 aliphatic heterocycles. The Labute approximate surface area is 93.8 Å². The van der Waals surface area contributed by atoms with Crippen molar-refractivity contribution in [1.29, 1.82) is 0 Å².